The molecule has 3 rings (SSSR count). The number of anilines is 2. The molecule has 1 heterocycles. The van der Waals surface area contributed by atoms with Gasteiger partial charge in [0.25, 0.3) is 11.8 Å². The maximum Gasteiger partial charge on any atom is 0.340 e. The van der Waals surface area contributed by atoms with E-state index in [2.05, 4.69) is 10.6 Å². The molecule has 0 spiro atoms. The summed E-state index contributed by atoms with van der Waals surface area (Å²) in [5.41, 5.74) is 1.11. The third kappa shape index (κ3) is 6.04. The van der Waals surface area contributed by atoms with Crippen molar-refractivity contribution in [3.8, 4) is 17.2 Å². The van der Waals surface area contributed by atoms with E-state index in [4.69, 9.17) is 35.0 Å². The number of hydrogen-bond donors (Lipinski definition) is 2. The van der Waals surface area contributed by atoms with Crippen LogP contribution in [0, 0.1) is 6.92 Å². The fraction of sp³-hybridized carbons (Fsp3) is 0.208. The molecule has 0 fully saturated rings. The van der Waals surface area contributed by atoms with Crippen LogP contribution in [-0.2, 0) is 9.53 Å². The number of ether oxygens (including phenoxy) is 4. The Morgan fingerprint density at radius 2 is 1.60 bits per heavy atom. The van der Waals surface area contributed by atoms with E-state index in [9.17, 15) is 14.4 Å². The Morgan fingerprint density at radius 3 is 2.23 bits per heavy atom. The van der Waals surface area contributed by atoms with Crippen molar-refractivity contribution in [1.82, 2.24) is 0 Å². The molecule has 184 valence electrons. The van der Waals surface area contributed by atoms with Crippen molar-refractivity contribution in [2.45, 2.75) is 6.92 Å². The maximum atomic E-state index is 12.9. The van der Waals surface area contributed by atoms with Gasteiger partial charge in [-0.05, 0) is 30.7 Å². The molecule has 2 amide bonds. The number of carbonyl (C=O) groups is 3. The van der Waals surface area contributed by atoms with E-state index in [0.29, 0.717) is 16.5 Å². The van der Waals surface area contributed by atoms with Crippen LogP contribution in [0.25, 0.3) is 0 Å². The van der Waals surface area contributed by atoms with Gasteiger partial charge in [0.05, 0.1) is 44.5 Å². The number of rotatable bonds is 9. The molecule has 0 bridgehead atoms. The van der Waals surface area contributed by atoms with Crippen molar-refractivity contribution in [3.63, 3.8) is 0 Å². The number of hydrogen-bond acceptors (Lipinski definition) is 8. The molecule has 2 aromatic carbocycles. The maximum absolute atomic E-state index is 12.9. The van der Waals surface area contributed by atoms with Gasteiger partial charge in [-0.25, -0.2) is 4.79 Å². The van der Waals surface area contributed by atoms with Gasteiger partial charge in [0, 0.05) is 23.2 Å². The second kappa shape index (κ2) is 11.3. The summed E-state index contributed by atoms with van der Waals surface area (Å²) in [5, 5.41) is 5.67. The van der Waals surface area contributed by atoms with Crippen LogP contribution in [0.3, 0.4) is 0 Å². The highest BCUT2D eigenvalue weighted by Crippen LogP contribution is 2.34. The van der Waals surface area contributed by atoms with E-state index in [0.717, 1.165) is 5.56 Å². The smallest absolute Gasteiger partial charge is 0.340 e. The summed E-state index contributed by atoms with van der Waals surface area (Å²) in [4.78, 5) is 37.8. The standard InChI is InChI=1S/C24H23ClN2O8/c1-13-8-17(19(31-2)10-15(13)25)26-22(28)12-35-24(30)14-9-20(32-3)21(33-4)11-16(14)27-23(29)18-6-5-7-34-18/h5-11H,12H2,1-4H3,(H,26,28)(H,27,29). The molecule has 10 nitrogen and oxygen atoms in total. The number of amides is 2. The number of esters is 1. The minimum atomic E-state index is -0.880. The van der Waals surface area contributed by atoms with Gasteiger partial charge in [-0.2, -0.15) is 0 Å². The Hall–Kier alpha value is -4.18. The number of benzene rings is 2. The van der Waals surface area contributed by atoms with Gasteiger partial charge in [0.2, 0.25) is 0 Å². The summed E-state index contributed by atoms with van der Waals surface area (Å²) in [7, 11) is 4.24. The second-order valence-electron chi connectivity index (χ2n) is 7.11. The number of furan rings is 1. The molecule has 0 aliphatic rings. The molecular formula is C24H23ClN2O8. The van der Waals surface area contributed by atoms with E-state index in [1.165, 1.54) is 45.8 Å². The summed E-state index contributed by atoms with van der Waals surface area (Å²) in [6, 6.07) is 8.95. The SMILES string of the molecule is COc1cc(Cl)c(C)cc1NC(=O)COC(=O)c1cc(OC)c(OC)cc1NC(=O)c1ccco1. The van der Waals surface area contributed by atoms with E-state index in [1.807, 2.05) is 0 Å². The van der Waals surface area contributed by atoms with Crippen molar-refractivity contribution in [3.05, 3.63) is 64.6 Å². The van der Waals surface area contributed by atoms with E-state index in [1.54, 1.807) is 25.1 Å². The first-order valence-electron chi connectivity index (χ1n) is 10.2. The molecule has 0 atom stereocenters. The van der Waals surface area contributed by atoms with Gasteiger partial charge >= 0.3 is 5.97 Å². The van der Waals surface area contributed by atoms with Gasteiger partial charge in [-0.15, -0.1) is 0 Å². The zero-order valence-corrected chi connectivity index (χ0v) is 20.1. The largest absolute Gasteiger partial charge is 0.495 e. The molecule has 0 unspecified atom stereocenters. The summed E-state index contributed by atoms with van der Waals surface area (Å²) < 4.78 is 26.0. The van der Waals surface area contributed by atoms with Crippen LogP contribution in [0.4, 0.5) is 11.4 Å². The van der Waals surface area contributed by atoms with Crippen LogP contribution in [0.5, 0.6) is 17.2 Å². The van der Waals surface area contributed by atoms with Gasteiger partial charge in [-0.3, -0.25) is 9.59 Å². The highest BCUT2D eigenvalue weighted by molar-refractivity contribution is 6.31. The molecule has 2 N–H and O–H groups in total. The Kier molecular flexibility index (Phi) is 8.21. The summed E-state index contributed by atoms with van der Waals surface area (Å²) >= 11 is 6.08. The first-order chi connectivity index (χ1) is 16.8. The second-order valence-corrected chi connectivity index (χ2v) is 7.52. The molecule has 1 aromatic heterocycles. The first-order valence-corrected chi connectivity index (χ1v) is 10.6. The lowest BCUT2D eigenvalue weighted by molar-refractivity contribution is -0.119. The molecule has 35 heavy (non-hydrogen) atoms. The van der Waals surface area contributed by atoms with Crippen LogP contribution in [0.15, 0.2) is 47.1 Å². The fourth-order valence-corrected chi connectivity index (χ4v) is 3.22. The number of carbonyl (C=O) groups excluding carboxylic acids is 3. The van der Waals surface area contributed by atoms with Gasteiger partial charge in [0.15, 0.2) is 23.9 Å². The van der Waals surface area contributed by atoms with Crippen LogP contribution in [0.2, 0.25) is 5.02 Å². The number of aryl methyl sites for hydroxylation is 1. The Morgan fingerprint density at radius 1 is 0.914 bits per heavy atom. The predicted octanol–water partition coefficient (Wildman–Crippen LogP) is 4.32. The topological polar surface area (TPSA) is 125 Å². The van der Waals surface area contributed by atoms with Crippen molar-refractivity contribution >= 4 is 40.8 Å². The Balaban J connectivity index is 1.78. The fourth-order valence-electron chi connectivity index (χ4n) is 3.07. The average Bonchev–Trinajstić information content (AvgIpc) is 3.39. The van der Waals surface area contributed by atoms with Gasteiger partial charge in [-0.1, -0.05) is 11.6 Å². The third-order valence-electron chi connectivity index (χ3n) is 4.83. The Labute approximate surface area is 206 Å². The van der Waals surface area contributed by atoms with Crippen molar-refractivity contribution < 1.29 is 37.7 Å². The molecule has 3 aromatic rings. The highest BCUT2D eigenvalue weighted by atomic mass is 35.5. The quantitative estimate of drug-likeness (QED) is 0.414. The average molecular weight is 503 g/mol. The van der Waals surface area contributed by atoms with Crippen LogP contribution < -0.4 is 24.8 Å². The number of nitrogens with one attached hydrogen (secondary N) is 2. The lowest BCUT2D eigenvalue weighted by Gasteiger charge is -2.15. The normalized spacial score (nSPS) is 10.3. The zero-order chi connectivity index (χ0) is 25.5. The van der Waals surface area contributed by atoms with E-state index >= 15 is 0 Å². The van der Waals surface area contributed by atoms with Crippen molar-refractivity contribution in [2.24, 2.45) is 0 Å². The summed E-state index contributed by atoms with van der Waals surface area (Å²) in [6.07, 6.45) is 1.34. The predicted molar refractivity (Wildman–Crippen MR) is 128 cm³/mol. The van der Waals surface area contributed by atoms with Crippen molar-refractivity contribution in [1.29, 1.82) is 0 Å². The summed E-state index contributed by atoms with van der Waals surface area (Å²) in [6.45, 7) is 1.16. The van der Waals surface area contributed by atoms with Crippen LogP contribution >= 0.6 is 11.6 Å². The van der Waals surface area contributed by atoms with E-state index in [-0.39, 0.29) is 28.5 Å². The Bertz CT molecular complexity index is 1240. The minimum Gasteiger partial charge on any atom is -0.495 e. The minimum absolute atomic E-state index is 0.0330. The lowest BCUT2D eigenvalue weighted by Crippen LogP contribution is -2.22. The lowest BCUT2D eigenvalue weighted by atomic mass is 10.1. The molecule has 0 saturated heterocycles. The number of methoxy groups -OCH3 is 3. The first kappa shape index (κ1) is 25.4. The molecule has 0 aliphatic carbocycles. The van der Waals surface area contributed by atoms with Crippen LogP contribution in [-0.4, -0.2) is 45.7 Å². The van der Waals surface area contributed by atoms with Crippen molar-refractivity contribution in [2.75, 3.05) is 38.6 Å². The van der Waals surface area contributed by atoms with Gasteiger partial charge in [0.1, 0.15) is 5.75 Å². The molecule has 0 aliphatic heterocycles. The molecule has 0 radical (unpaired) electrons. The highest BCUT2D eigenvalue weighted by Gasteiger charge is 2.22. The number of halogens is 1. The van der Waals surface area contributed by atoms with Gasteiger partial charge < -0.3 is 34.0 Å². The molecule has 11 heteroatoms. The summed E-state index contributed by atoms with van der Waals surface area (Å²) in [5.74, 6) is -1.22. The van der Waals surface area contributed by atoms with Crippen LogP contribution in [0.1, 0.15) is 26.5 Å². The monoisotopic (exact) mass is 502 g/mol. The third-order valence-corrected chi connectivity index (χ3v) is 5.23. The van der Waals surface area contributed by atoms with E-state index < -0.39 is 24.4 Å². The molecule has 0 saturated carbocycles. The zero-order valence-electron chi connectivity index (χ0n) is 19.4. The molecular weight excluding hydrogens is 480 g/mol.